The number of halogens is 1. The van der Waals surface area contributed by atoms with Crippen molar-refractivity contribution in [1.29, 1.82) is 0 Å². The van der Waals surface area contributed by atoms with Crippen LogP contribution in [-0.2, 0) is 10.8 Å². The Morgan fingerprint density at radius 3 is 2.30 bits per heavy atom. The Kier molecular flexibility index (Phi) is 7.91. The zero-order valence-corrected chi connectivity index (χ0v) is 26.0. The number of aromatic nitrogens is 1. The lowest BCUT2D eigenvalue weighted by Crippen LogP contribution is -2.44. The van der Waals surface area contributed by atoms with E-state index in [1.165, 1.54) is 16.8 Å². The number of pyridine rings is 1. The van der Waals surface area contributed by atoms with Gasteiger partial charge in [0.05, 0.1) is 6.10 Å². The van der Waals surface area contributed by atoms with Crippen molar-refractivity contribution in [2.75, 3.05) is 0 Å². The predicted molar refractivity (Wildman–Crippen MR) is 158 cm³/mol. The molecule has 2 aromatic rings. The number of nitrogens with zero attached hydrogens (tertiary/aromatic N) is 1. The number of hydrogen-bond donors (Lipinski definition) is 1. The fraction of sp³-hybridized carbons (Fsp3) is 0.594. The van der Waals surface area contributed by atoms with E-state index in [0.29, 0.717) is 5.02 Å². The number of allylic oxidation sites excluding steroid dienone is 2. The minimum Gasteiger partial charge on any atom is -0.410 e. The summed E-state index contributed by atoms with van der Waals surface area (Å²) in [4.78, 5) is 5.37. The van der Waals surface area contributed by atoms with E-state index in [1.807, 2.05) is 24.3 Å². The highest BCUT2D eigenvalue weighted by Gasteiger charge is 2.45. The third-order valence-electron chi connectivity index (χ3n) is 8.76. The molecule has 3 atom stereocenters. The van der Waals surface area contributed by atoms with Crippen LogP contribution in [-0.4, -0.2) is 18.4 Å². The van der Waals surface area contributed by atoms with Gasteiger partial charge in [0.1, 0.15) is 6.10 Å². The molecule has 0 saturated carbocycles. The van der Waals surface area contributed by atoms with E-state index in [4.69, 9.17) is 21.0 Å². The Bertz CT molecular complexity index is 1160. The van der Waals surface area contributed by atoms with Crippen LogP contribution in [0, 0.1) is 5.41 Å². The minimum atomic E-state index is -2.06. The van der Waals surface area contributed by atoms with Gasteiger partial charge in [-0.3, -0.25) is 4.98 Å². The van der Waals surface area contributed by atoms with Crippen molar-refractivity contribution in [3.8, 4) is 0 Å². The number of benzene rings is 1. The SMILES string of the molecule is CC(C)c1nc2c(c(C3C=CCC3)c1[C@H](O)c1ccc(Cl)cc1)C(O[Si](C)(C)C(C)(C)C)CC(C)(C)C2. The number of aliphatic hydroxyl groups is 1. The van der Waals surface area contributed by atoms with Crippen LogP contribution in [0.4, 0.5) is 0 Å². The third-order valence-corrected chi connectivity index (χ3v) is 13.5. The fourth-order valence-corrected chi connectivity index (χ4v) is 7.16. The first kappa shape index (κ1) is 28.5. The Labute approximate surface area is 230 Å². The van der Waals surface area contributed by atoms with E-state index in [0.717, 1.165) is 42.5 Å². The second kappa shape index (κ2) is 10.3. The lowest BCUT2D eigenvalue weighted by atomic mass is 9.70. The van der Waals surface area contributed by atoms with Crippen LogP contribution in [0.25, 0.3) is 0 Å². The van der Waals surface area contributed by atoms with Crippen molar-refractivity contribution in [2.24, 2.45) is 5.41 Å². The molecule has 5 heteroatoms. The van der Waals surface area contributed by atoms with Crippen LogP contribution < -0.4 is 0 Å². The molecule has 0 aliphatic heterocycles. The monoisotopic (exact) mass is 539 g/mol. The highest BCUT2D eigenvalue weighted by atomic mass is 35.5. The summed E-state index contributed by atoms with van der Waals surface area (Å²) in [6, 6.07) is 7.61. The normalized spacial score (nSPS) is 22.4. The van der Waals surface area contributed by atoms with Gasteiger partial charge in [-0.25, -0.2) is 0 Å². The van der Waals surface area contributed by atoms with Gasteiger partial charge in [0.25, 0.3) is 0 Å². The maximum atomic E-state index is 12.0. The molecule has 2 aliphatic carbocycles. The minimum absolute atomic E-state index is 0.0199. The number of aliphatic hydroxyl groups excluding tert-OH is 1. The topological polar surface area (TPSA) is 42.4 Å². The highest BCUT2D eigenvalue weighted by molar-refractivity contribution is 6.74. The summed E-state index contributed by atoms with van der Waals surface area (Å²) in [5.41, 5.74) is 6.65. The Hall–Kier alpha value is -1.46. The molecule has 4 rings (SSSR count). The van der Waals surface area contributed by atoms with E-state index >= 15 is 0 Å². The molecule has 1 aromatic carbocycles. The maximum Gasteiger partial charge on any atom is 0.192 e. The molecule has 2 aliphatic rings. The predicted octanol–water partition coefficient (Wildman–Crippen LogP) is 9.41. The van der Waals surface area contributed by atoms with E-state index in [9.17, 15) is 5.11 Å². The molecule has 1 aromatic heterocycles. The van der Waals surface area contributed by atoms with Crippen molar-refractivity contribution in [2.45, 2.75) is 116 Å². The standard InChI is InChI=1S/C32H46ClNO2Si/c1-20(2)29-28(30(35)22-14-16-23(33)17-15-22)26(21-12-10-11-13-21)27-24(34-29)18-32(6,7)19-25(27)36-37(8,9)31(3,4)5/h10,12,14-17,20-21,25,30,35H,11,13,18-19H2,1-9H3/t21?,25?,30-/m1/s1. The molecule has 1 N–H and O–H groups in total. The molecule has 0 saturated heterocycles. The molecular formula is C32H46ClNO2Si. The first-order valence-corrected chi connectivity index (χ1v) is 17.2. The molecule has 202 valence electrons. The van der Waals surface area contributed by atoms with Crippen molar-refractivity contribution in [1.82, 2.24) is 4.98 Å². The van der Waals surface area contributed by atoms with Crippen molar-refractivity contribution in [3.63, 3.8) is 0 Å². The Morgan fingerprint density at radius 2 is 1.76 bits per heavy atom. The van der Waals surface area contributed by atoms with Crippen molar-refractivity contribution >= 4 is 19.9 Å². The molecule has 0 fully saturated rings. The van der Waals surface area contributed by atoms with E-state index < -0.39 is 14.4 Å². The van der Waals surface area contributed by atoms with E-state index in [1.54, 1.807) is 0 Å². The van der Waals surface area contributed by atoms with Gasteiger partial charge in [-0.2, -0.15) is 0 Å². The smallest absolute Gasteiger partial charge is 0.192 e. The van der Waals surface area contributed by atoms with Crippen LogP contribution in [0.2, 0.25) is 23.2 Å². The van der Waals surface area contributed by atoms with Gasteiger partial charge in [0, 0.05) is 33.5 Å². The Morgan fingerprint density at radius 1 is 1.11 bits per heavy atom. The first-order chi connectivity index (χ1) is 17.1. The lowest BCUT2D eigenvalue weighted by Gasteiger charge is -2.45. The molecule has 0 radical (unpaired) electrons. The zero-order valence-electron chi connectivity index (χ0n) is 24.3. The summed E-state index contributed by atoms with van der Waals surface area (Å²) in [5.74, 6) is 0.453. The Balaban J connectivity index is 2.00. The number of rotatable bonds is 6. The number of hydrogen-bond acceptors (Lipinski definition) is 3. The van der Waals surface area contributed by atoms with Gasteiger partial charge in [0.2, 0.25) is 0 Å². The molecule has 0 amide bonds. The summed E-state index contributed by atoms with van der Waals surface area (Å²) in [5, 5.41) is 12.8. The van der Waals surface area contributed by atoms with Crippen LogP contribution in [0.15, 0.2) is 36.4 Å². The van der Waals surface area contributed by atoms with E-state index in [2.05, 4.69) is 73.7 Å². The second-order valence-corrected chi connectivity index (χ2v) is 19.0. The number of fused-ring (bicyclic) bond motifs is 1. The average molecular weight is 540 g/mol. The van der Waals surface area contributed by atoms with Gasteiger partial charge in [-0.15, -0.1) is 0 Å². The van der Waals surface area contributed by atoms with Crippen LogP contribution >= 0.6 is 11.6 Å². The molecule has 2 unspecified atom stereocenters. The quantitative estimate of drug-likeness (QED) is 0.293. The summed E-state index contributed by atoms with van der Waals surface area (Å²) in [7, 11) is -2.06. The summed E-state index contributed by atoms with van der Waals surface area (Å²) in [6.45, 7) is 20.7. The van der Waals surface area contributed by atoms with Gasteiger partial charge >= 0.3 is 0 Å². The molecule has 0 bridgehead atoms. The average Bonchev–Trinajstić information content (AvgIpc) is 3.30. The maximum absolute atomic E-state index is 12.0. The molecular weight excluding hydrogens is 494 g/mol. The fourth-order valence-electron chi connectivity index (χ4n) is 5.77. The molecule has 3 nitrogen and oxygen atoms in total. The first-order valence-electron chi connectivity index (χ1n) is 14.0. The molecule has 37 heavy (non-hydrogen) atoms. The summed E-state index contributed by atoms with van der Waals surface area (Å²) < 4.78 is 7.24. The third kappa shape index (κ3) is 5.78. The second-order valence-electron chi connectivity index (χ2n) is 13.8. The zero-order chi connectivity index (χ0) is 27.3. The van der Waals surface area contributed by atoms with Gasteiger partial charge < -0.3 is 9.53 Å². The summed E-state index contributed by atoms with van der Waals surface area (Å²) in [6.07, 6.45) is 7.88. The molecule has 1 heterocycles. The van der Waals surface area contributed by atoms with Gasteiger partial charge in [-0.1, -0.05) is 84.4 Å². The largest absolute Gasteiger partial charge is 0.410 e. The highest BCUT2D eigenvalue weighted by Crippen LogP contribution is 2.52. The van der Waals surface area contributed by atoms with Crippen LogP contribution in [0.1, 0.15) is 125 Å². The van der Waals surface area contributed by atoms with Crippen LogP contribution in [0.3, 0.4) is 0 Å². The van der Waals surface area contributed by atoms with Gasteiger partial charge in [0.15, 0.2) is 8.32 Å². The summed E-state index contributed by atoms with van der Waals surface area (Å²) >= 11 is 6.20. The van der Waals surface area contributed by atoms with Crippen molar-refractivity contribution < 1.29 is 9.53 Å². The lowest BCUT2D eigenvalue weighted by molar-refractivity contribution is 0.104. The van der Waals surface area contributed by atoms with Crippen molar-refractivity contribution in [3.05, 3.63) is 75.1 Å². The van der Waals surface area contributed by atoms with Gasteiger partial charge in [-0.05, 0) is 78.4 Å². The van der Waals surface area contributed by atoms with E-state index in [-0.39, 0.29) is 28.4 Å². The van der Waals surface area contributed by atoms with Crippen LogP contribution in [0.5, 0.6) is 0 Å². The molecule has 0 spiro atoms.